The maximum atomic E-state index is 11.3. The van der Waals surface area contributed by atoms with Crippen molar-refractivity contribution in [2.45, 2.75) is 31.2 Å². The second-order valence-corrected chi connectivity index (χ2v) is 6.62. The quantitative estimate of drug-likeness (QED) is 0.865. The fourth-order valence-electron chi connectivity index (χ4n) is 3.34. The summed E-state index contributed by atoms with van der Waals surface area (Å²) >= 11 is 5.92. The van der Waals surface area contributed by atoms with Crippen molar-refractivity contribution in [1.82, 2.24) is 10.1 Å². The Morgan fingerprint density at radius 1 is 1.38 bits per heavy atom. The molecule has 1 fully saturated rings. The Balaban J connectivity index is 1.76. The number of aromatic nitrogens is 1. The van der Waals surface area contributed by atoms with Crippen LogP contribution in [0.5, 0.6) is 0 Å². The van der Waals surface area contributed by atoms with Gasteiger partial charge in [0.05, 0.1) is 6.54 Å². The number of carbonyl (C=O) groups is 1. The molecule has 0 saturated carbocycles. The minimum absolute atomic E-state index is 0.0159. The van der Waals surface area contributed by atoms with E-state index in [0.29, 0.717) is 17.3 Å². The zero-order valence-electron chi connectivity index (χ0n) is 13.1. The fraction of sp³-hybridized carbons (Fsp3) is 0.412. The first-order valence-electron chi connectivity index (χ1n) is 7.90. The summed E-state index contributed by atoms with van der Waals surface area (Å²) < 4.78 is 5.24. The van der Waals surface area contributed by atoms with Crippen LogP contribution in [0.2, 0.25) is 5.02 Å². The summed E-state index contributed by atoms with van der Waals surface area (Å²) in [4.78, 5) is 24.4. The van der Waals surface area contributed by atoms with Crippen molar-refractivity contribution in [3.8, 4) is 0 Å². The second kappa shape index (κ2) is 7.23. The van der Waals surface area contributed by atoms with Gasteiger partial charge in [-0.2, -0.15) is 5.16 Å². The van der Waals surface area contributed by atoms with Gasteiger partial charge in [0.15, 0.2) is 0 Å². The van der Waals surface area contributed by atoms with Gasteiger partial charge >= 0.3 is 5.97 Å². The molecule has 128 valence electrons. The molecule has 3 rings (SSSR count). The Morgan fingerprint density at radius 3 is 2.75 bits per heavy atom. The Labute approximate surface area is 144 Å². The number of aliphatic carboxylic acids is 1. The molecule has 1 aliphatic rings. The van der Waals surface area contributed by atoms with Gasteiger partial charge < -0.3 is 9.63 Å². The monoisotopic (exact) mass is 350 g/mol. The van der Waals surface area contributed by atoms with E-state index in [0.717, 1.165) is 24.8 Å². The lowest BCUT2D eigenvalue weighted by atomic mass is 9.86. The van der Waals surface area contributed by atoms with Gasteiger partial charge in [-0.15, -0.1) is 0 Å². The van der Waals surface area contributed by atoms with Gasteiger partial charge in [-0.25, -0.2) is 0 Å². The summed E-state index contributed by atoms with van der Waals surface area (Å²) in [6.45, 7) is 0.673. The predicted octanol–water partition coefficient (Wildman–Crippen LogP) is 2.50. The molecule has 1 aliphatic heterocycles. The highest BCUT2D eigenvalue weighted by molar-refractivity contribution is 6.30. The molecular formula is C17H19ClN2O4. The normalized spacial score (nSPS) is 21.7. The van der Waals surface area contributed by atoms with Crippen molar-refractivity contribution in [2.24, 2.45) is 0 Å². The van der Waals surface area contributed by atoms with Gasteiger partial charge in [-0.1, -0.05) is 23.7 Å². The minimum atomic E-state index is -0.831. The molecule has 2 aromatic rings. The summed E-state index contributed by atoms with van der Waals surface area (Å²) in [5, 5.41) is 12.2. The number of carboxylic acid groups (broad SMARTS) is 1. The molecule has 0 radical (unpaired) electrons. The van der Waals surface area contributed by atoms with Crippen molar-refractivity contribution in [2.75, 3.05) is 13.1 Å². The first kappa shape index (κ1) is 16.8. The van der Waals surface area contributed by atoms with Gasteiger partial charge in [0, 0.05) is 23.0 Å². The van der Waals surface area contributed by atoms with Crippen LogP contribution in [0.15, 0.2) is 39.6 Å². The van der Waals surface area contributed by atoms with E-state index in [1.807, 2.05) is 29.2 Å². The summed E-state index contributed by atoms with van der Waals surface area (Å²) in [5.41, 5.74) is 0.864. The fourth-order valence-corrected chi connectivity index (χ4v) is 3.47. The molecule has 1 aromatic carbocycles. The lowest BCUT2D eigenvalue weighted by Gasteiger charge is -2.38. The lowest BCUT2D eigenvalue weighted by Crippen LogP contribution is -2.45. The Kier molecular flexibility index (Phi) is 5.06. The van der Waals surface area contributed by atoms with Crippen molar-refractivity contribution < 1.29 is 14.4 Å². The first-order valence-corrected chi connectivity index (χ1v) is 8.28. The molecule has 2 atom stereocenters. The van der Waals surface area contributed by atoms with Crippen LogP contribution < -0.4 is 5.56 Å². The highest BCUT2D eigenvalue weighted by Crippen LogP contribution is 2.32. The van der Waals surface area contributed by atoms with E-state index in [-0.39, 0.29) is 24.1 Å². The molecule has 0 aliphatic carbocycles. The molecule has 6 nitrogen and oxygen atoms in total. The average Bonchev–Trinajstić information content (AvgIpc) is 2.97. The van der Waals surface area contributed by atoms with Crippen LogP contribution in [0.1, 0.15) is 30.1 Å². The first-order chi connectivity index (χ1) is 11.5. The number of nitrogens with zero attached hydrogens (tertiary/aromatic N) is 1. The van der Waals surface area contributed by atoms with Crippen LogP contribution in [0.3, 0.4) is 0 Å². The van der Waals surface area contributed by atoms with Gasteiger partial charge in [0.2, 0.25) is 0 Å². The van der Waals surface area contributed by atoms with Crippen molar-refractivity contribution in [3.05, 3.63) is 57.0 Å². The van der Waals surface area contributed by atoms with E-state index in [1.54, 1.807) is 0 Å². The van der Waals surface area contributed by atoms with E-state index in [2.05, 4.69) is 5.16 Å². The van der Waals surface area contributed by atoms with Crippen LogP contribution in [0, 0.1) is 0 Å². The van der Waals surface area contributed by atoms with Crippen LogP contribution >= 0.6 is 11.6 Å². The molecule has 0 spiro atoms. The molecular weight excluding hydrogens is 332 g/mol. The predicted molar refractivity (Wildman–Crippen MR) is 89.5 cm³/mol. The number of rotatable bonds is 5. The molecule has 2 unspecified atom stereocenters. The maximum absolute atomic E-state index is 11.3. The number of piperidine rings is 1. The number of hydrogen-bond donors (Lipinski definition) is 2. The molecule has 7 heteroatoms. The molecule has 1 aromatic heterocycles. The van der Waals surface area contributed by atoms with Gasteiger partial charge in [-0.3, -0.25) is 14.5 Å². The molecule has 24 heavy (non-hydrogen) atoms. The number of aromatic amines is 1. The number of hydrogen-bond acceptors (Lipinski definition) is 4. The van der Waals surface area contributed by atoms with E-state index < -0.39 is 5.97 Å². The van der Waals surface area contributed by atoms with Crippen LogP contribution in [-0.2, 0) is 11.2 Å². The summed E-state index contributed by atoms with van der Waals surface area (Å²) in [5.74, 6) is -0.0647. The largest absolute Gasteiger partial charge is 0.480 e. The van der Waals surface area contributed by atoms with Crippen molar-refractivity contribution in [1.29, 1.82) is 0 Å². The van der Waals surface area contributed by atoms with Gasteiger partial charge in [0.25, 0.3) is 5.56 Å². The van der Waals surface area contributed by atoms with Crippen molar-refractivity contribution >= 4 is 17.6 Å². The van der Waals surface area contributed by atoms with Crippen LogP contribution in [0.4, 0.5) is 0 Å². The Bertz CT molecular complexity index is 752. The number of H-pyrrole nitrogens is 1. The van der Waals surface area contributed by atoms with E-state index in [4.69, 9.17) is 21.2 Å². The van der Waals surface area contributed by atoms with Crippen molar-refractivity contribution in [3.63, 3.8) is 0 Å². The smallest absolute Gasteiger partial charge is 0.317 e. The third-order valence-corrected chi connectivity index (χ3v) is 4.76. The lowest BCUT2D eigenvalue weighted by molar-refractivity contribution is -0.139. The average molecular weight is 351 g/mol. The second-order valence-electron chi connectivity index (χ2n) is 6.19. The van der Waals surface area contributed by atoms with Gasteiger partial charge in [-0.05, 0) is 43.5 Å². The van der Waals surface area contributed by atoms with Gasteiger partial charge in [0.1, 0.15) is 5.76 Å². The van der Waals surface area contributed by atoms with E-state index in [9.17, 15) is 9.59 Å². The summed E-state index contributed by atoms with van der Waals surface area (Å²) in [6.07, 6.45) is 2.25. The number of halogens is 1. The topological polar surface area (TPSA) is 86.5 Å². The third kappa shape index (κ3) is 4.07. The third-order valence-electron chi connectivity index (χ3n) is 4.51. The molecule has 2 N–H and O–H groups in total. The zero-order chi connectivity index (χ0) is 17.1. The summed E-state index contributed by atoms with van der Waals surface area (Å²) in [6, 6.07) is 9.15. The molecule has 0 bridgehead atoms. The zero-order valence-corrected chi connectivity index (χ0v) is 13.8. The number of carboxylic acids is 1. The van der Waals surface area contributed by atoms with E-state index >= 15 is 0 Å². The molecule has 2 heterocycles. The highest BCUT2D eigenvalue weighted by Gasteiger charge is 2.32. The SMILES string of the molecule is O=C(O)CN1CCC(c2cc(=O)[nH]o2)CC1Cc1ccc(Cl)cc1. The van der Waals surface area contributed by atoms with Crippen LogP contribution in [0.25, 0.3) is 0 Å². The highest BCUT2D eigenvalue weighted by atomic mass is 35.5. The Morgan fingerprint density at radius 2 is 2.12 bits per heavy atom. The standard InChI is InChI=1S/C17H19ClN2O4/c18-13-3-1-11(2-4-13)7-14-8-12(15-9-16(21)19-24-15)5-6-20(14)10-17(22)23/h1-4,9,12,14H,5-8,10H2,(H,19,21)(H,22,23). The number of likely N-dealkylation sites (tertiary alicyclic amines) is 1. The molecule has 1 saturated heterocycles. The molecule has 0 amide bonds. The summed E-state index contributed by atoms with van der Waals surface area (Å²) in [7, 11) is 0. The van der Waals surface area contributed by atoms with E-state index in [1.165, 1.54) is 6.07 Å². The maximum Gasteiger partial charge on any atom is 0.317 e. The number of nitrogens with one attached hydrogen (secondary N) is 1. The van der Waals surface area contributed by atoms with Crippen LogP contribution in [-0.4, -0.2) is 40.3 Å². The number of benzene rings is 1. The minimum Gasteiger partial charge on any atom is -0.480 e. The Hall–Kier alpha value is -2.05.